The highest BCUT2D eigenvalue weighted by Gasteiger charge is 2.23. The number of benzene rings is 2. The highest BCUT2D eigenvalue weighted by Crippen LogP contribution is 2.21. The molecule has 27 heavy (non-hydrogen) atoms. The fourth-order valence-electron chi connectivity index (χ4n) is 2.08. The molecule has 144 valence electrons. The highest BCUT2D eigenvalue weighted by molar-refractivity contribution is 7.89. The lowest BCUT2D eigenvalue weighted by atomic mass is 10.2. The Kier molecular flexibility index (Phi) is 6.19. The second-order valence-corrected chi connectivity index (χ2v) is 7.68. The SMILES string of the molecule is Cc1ccc(Cl)cc1NC(=O)[C@H](C)OC(=O)c1cc(S(N)(=O)=O)ccc1F. The Balaban J connectivity index is 2.15. The number of carbonyl (C=O) groups excluding carboxylic acids is 2. The van der Waals surface area contributed by atoms with E-state index in [2.05, 4.69) is 5.32 Å². The van der Waals surface area contributed by atoms with Crippen molar-refractivity contribution in [3.63, 3.8) is 0 Å². The second kappa shape index (κ2) is 8.03. The third kappa shape index (κ3) is 5.25. The Morgan fingerprint density at radius 1 is 1.22 bits per heavy atom. The van der Waals surface area contributed by atoms with Crippen LogP contribution in [0.1, 0.15) is 22.8 Å². The molecule has 0 bridgehead atoms. The average molecular weight is 415 g/mol. The molecule has 0 aliphatic carbocycles. The molecule has 0 radical (unpaired) electrons. The fraction of sp³-hybridized carbons (Fsp3) is 0.176. The van der Waals surface area contributed by atoms with Crippen molar-refractivity contribution < 1.29 is 27.1 Å². The van der Waals surface area contributed by atoms with Crippen LogP contribution in [-0.2, 0) is 19.6 Å². The predicted molar refractivity (Wildman–Crippen MR) is 97.5 cm³/mol. The van der Waals surface area contributed by atoms with Crippen LogP contribution >= 0.6 is 11.6 Å². The zero-order chi connectivity index (χ0) is 20.4. The number of halogens is 2. The summed E-state index contributed by atoms with van der Waals surface area (Å²) in [7, 11) is -4.14. The smallest absolute Gasteiger partial charge is 0.341 e. The maximum absolute atomic E-state index is 13.9. The zero-order valence-electron chi connectivity index (χ0n) is 14.3. The molecule has 10 heteroatoms. The topological polar surface area (TPSA) is 116 Å². The quantitative estimate of drug-likeness (QED) is 0.729. The van der Waals surface area contributed by atoms with Gasteiger partial charge in [-0.2, -0.15) is 0 Å². The number of anilines is 1. The molecule has 0 fully saturated rings. The van der Waals surface area contributed by atoms with E-state index in [4.69, 9.17) is 21.5 Å². The normalized spacial score (nSPS) is 12.3. The number of sulfonamides is 1. The van der Waals surface area contributed by atoms with Crippen molar-refractivity contribution >= 4 is 39.2 Å². The second-order valence-electron chi connectivity index (χ2n) is 5.68. The first-order chi connectivity index (χ1) is 12.5. The molecular weight excluding hydrogens is 399 g/mol. The van der Waals surface area contributed by atoms with Gasteiger partial charge in [0.05, 0.1) is 10.5 Å². The van der Waals surface area contributed by atoms with E-state index in [-0.39, 0.29) is 0 Å². The van der Waals surface area contributed by atoms with Gasteiger partial charge in [0.25, 0.3) is 5.91 Å². The molecule has 3 N–H and O–H groups in total. The van der Waals surface area contributed by atoms with Crippen LogP contribution in [0.2, 0.25) is 5.02 Å². The van der Waals surface area contributed by atoms with E-state index in [1.807, 2.05) is 0 Å². The van der Waals surface area contributed by atoms with E-state index in [0.29, 0.717) is 10.7 Å². The van der Waals surface area contributed by atoms with Crippen LogP contribution in [0.15, 0.2) is 41.3 Å². The number of nitrogens with one attached hydrogen (secondary N) is 1. The molecule has 1 amide bonds. The van der Waals surface area contributed by atoms with Crippen molar-refractivity contribution in [3.05, 3.63) is 58.4 Å². The van der Waals surface area contributed by atoms with Crippen LogP contribution in [0, 0.1) is 12.7 Å². The lowest BCUT2D eigenvalue weighted by Crippen LogP contribution is -2.30. The largest absolute Gasteiger partial charge is 0.449 e. The summed E-state index contributed by atoms with van der Waals surface area (Å²) in [5.74, 6) is -2.88. The van der Waals surface area contributed by atoms with Crippen molar-refractivity contribution in [1.29, 1.82) is 0 Å². The molecule has 2 aromatic rings. The summed E-state index contributed by atoms with van der Waals surface area (Å²) in [6.07, 6.45) is -1.28. The Labute approximate surface area is 160 Å². The minimum Gasteiger partial charge on any atom is -0.449 e. The maximum Gasteiger partial charge on any atom is 0.341 e. The van der Waals surface area contributed by atoms with Gasteiger partial charge in [0.2, 0.25) is 10.0 Å². The molecule has 2 aromatic carbocycles. The lowest BCUT2D eigenvalue weighted by molar-refractivity contribution is -0.123. The Hall–Kier alpha value is -2.49. The van der Waals surface area contributed by atoms with Crippen molar-refractivity contribution in [3.8, 4) is 0 Å². The van der Waals surface area contributed by atoms with Crippen LogP contribution in [0.5, 0.6) is 0 Å². The van der Waals surface area contributed by atoms with E-state index in [1.54, 1.807) is 19.1 Å². The van der Waals surface area contributed by atoms with Gasteiger partial charge in [-0.1, -0.05) is 17.7 Å². The van der Waals surface area contributed by atoms with Crippen molar-refractivity contribution in [2.24, 2.45) is 5.14 Å². The summed E-state index contributed by atoms with van der Waals surface area (Å²) in [5.41, 5.74) is 0.510. The Morgan fingerprint density at radius 3 is 2.52 bits per heavy atom. The van der Waals surface area contributed by atoms with Gasteiger partial charge in [-0.25, -0.2) is 22.7 Å². The average Bonchev–Trinajstić information content (AvgIpc) is 2.57. The third-order valence-corrected chi connectivity index (χ3v) is 4.74. The molecule has 0 unspecified atom stereocenters. The maximum atomic E-state index is 13.9. The van der Waals surface area contributed by atoms with E-state index in [1.165, 1.54) is 13.0 Å². The van der Waals surface area contributed by atoms with Gasteiger partial charge >= 0.3 is 5.97 Å². The number of hydrogen-bond acceptors (Lipinski definition) is 5. The predicted octanol–water partition coefficient (Wildman–Crippen LogP) is 2.62. The molecule has 0 saturated carbocycles. The number of rotatable bonds is 5. The third-order valence-electron chi connectivity index (χ3n) is 3.60. The Bertz CT molecular complexity index is 1010. The first kappa shape index (κ1) is 20.8. The minimum atomic E-state index is -4.14. The molecule has 1 atom stereocenters. The summed E-state index contributed by atoms with van der Waals surface area (Å²) < 4.78 is 41.5. The minimum absolute atomic E-state index is 0.405. The number of hydrogen-bond donors (Lipinski definition) is 2. The van der Waals surface area contributed by atoms with E-state index in [0.717, 1.165) is 23.8 Å². The van der Waals surface area contributed by atoms with Gasteiger partial charge in [0.1, 0.15) is 5.82 Å². The number of aryl methyl sites for hydroxylation is 1. The van der Waals surface area contributed by atoms with Gasteiger partial charge in [0.15, 0.2) is 6.10 Å². The summed E-state index contributed by atoms with van der Waals surface area (Å²) in [4.78, 5) is 23.9. The van der Waals surface area contributed by atoms with Gasteiger partial charge < -0.3 is 10.1 Å². The monoisotopic (exact) mass is 414 g/mol. The van der Waals surface area contributed by atoms with Crippen molar-refractivity contribution in [2.45, 2.75) is 24.8 Å². The fourth-order valence-corrected chi connectivity index (χ4v) is 2.79. The van der Waals surface area contributed by atoms with Crippen LogP contribution in [-0.4, -0.2) is 26.4 Å². The molecule has 0 saturated heterocycles. The van der Waals surface area contributed by atoms with Gasteiger partial charge in [-0.3, -0.25) is 4.79 Å². The Morgan fingerprint density at radius 2 is 1.89 bits per heavy atom. The summed E-state index contributed by atoms with van der Waals surface area (Å²) >= 11 is 5.88. The first-order valence-electron chi connectivity index (χ1n) is 7.59. The number of nitrogens with two attached hydrogens (primary N) is 1. The standard InChI is InChI=1S/C17H16ClFN2O5S/c1-9-3-4-11(18)7-15(9)21-16(22)10(2)26-17(23)13-8-12(27(20,24)25)5-6-14(13)19/h3-8,10H,1-2H3,(H,21,22)(H2,20,24,25)/t10-/m0/s1. The zero-order valence-corrected chi connectivity index (χ0v) is 15.9. The molecule has 0 aliphatic heterocycles. The molecule has 0 heterocycles. The van der Waals surface area contributed by atoms with Crippen LogP contribution in [0.4, 0.5) is 10.1 Å². The molecule has 0 spiro atoms. The van der Waals surface area contributed by atoms with Crippen molar-refractivity contribution in [1.82, 2.24) is 0 Å². The highest BCUT2D eigenvalue weighted by atomic mass is 35.5. The van der Waals surface area contributed by atoms with E-state index < -0.39 is 44.3 Å². The molecule has 0 aromatic heterocycles. The van der Waals surface area contributed by atoms with Gasteiger partial charge in [0, 0.05) is 10.7 Å². The molecular formula is C17H16ClFN2O5S. The number of carbonyl (C=O) groups is 2. The summed E-state index contributed by atoms with van der Waals surface area (Å²) in [6, 6.07) is 7.31. The number of esters is 1. The van der Waals surface area contributed by atoms with Crippen molar-refractivity contribution in [2.75, 3.05) is 5.32 Å². The van der Waals surface area contributed by atoms with Gasteiger partial charge in [-0.15, -0.1) is 0 Å². The summed E-state index contributed by atoms with van der Waals surface area (Å²) in [6.45, 7) is 3.03. The molecule has 0 aliphatic rings. The lowest BCUT2D eigenvalue weighted by Gasteiger charge is -2.15. The molecule has 7 nitrogen and oxygen atoms in total. The number of amides is 1. The first-order valence-corrected chi connectivity index (χ1v) is 9.52. The number of primary sulfonamides is 1. The summed E-state index contributed by atoms with van der Waals surface area (Å²) in [5, 5.41) is 7.91. The van der Waals surface area contributed by atoms with E-state index >= 15 is 0 Å². The van der Waals surface area contributed by atoms with E-state index in [9.17, 15) is 22.4 Å². The molecule has 2 rings (SSSR count). The van der Waals surface area contributed by atoms with Crippen LogP contribution in [0.25, 0.3) is 0 Å². The van der Waals surface area contributed by atoms with Crippen LogP contribution < -0.4 is 10.5 Å². The number of ether oxygens (including phenoxy) is 1. The van der Waals surface area contributed by atoms with Gasteiger partial charge in [-0.05, 0) is 49.7 Å². The van der Waals surface area contributed by atoms with Crippen LogP contribution in [0.3, 0.4) is 0 Å².